The van der Waals surface area contributed by atoms with E-state index in [-0.39, 0.29) is 6.04 Å². The summed E-state index contributed by atoms with van der Waals surface area (Å²) in [6.07, 6.45) is 5.26. The summed E-state index contributed by atoms with van der Waals surface area (Å²) in [5.41, 5.74) is 0.450. The fraction of sp³-hybridized carbons (Fsp3) is 0.647. The van der Waals surface area contributed by atoms with Crippen LogP contribution in [0.5, 0.6) is 0 Å². The lowest BCUT2D eigenvalue weighted by molar-refractivity contribution is -0.0103. The van der Waals surface area contributed by atoms with Gasteiger partial charge in [-0.2, -0.15) is 0 Å². The third-order valence-corrected chi connectivity index (χ3v) is 5.34. The fourth-order valence-corrected chi connectivity index (χ4v) is 3.68. The van der Waals surface area contributed by atoms with Crippen molar-refractivity contribution in [3.05, 3.63) is 33.8 Å². The van der Waals surface area contributed by atoms with Crippen LogP contribution in [0.15, 0.2) is 18.2 Å². The zero-order valence-corrected chi connectivity index (χ0v) is 14.3. The average Bonchev–Trinajstić information content (AvgIpc) is 2.46. The van der Waals surface area contributed by atoms with Crippen molar-refractivity contribution in [2.24, 2.45) is 5.92 Å². The van der Waals surface area contributed by atoms with E-state index in [0.717, 1.165) is 37.2 Å². The van der Waals surface area contributed by atoms with Crippen molar-refractivity contribution < 1.29 is 5.11 Å². The predicted molar refractivity (Wildman–Crippen MR) is 90.1 cm³/mol. The molecule has 118 valence electrons. The molecule has 1 fully saturated rings. The molecular weight excluding hydrogens is 305 g/mol. The normalized spacial score (nSPS) is 27.6. The average molecular weight is 330 g/mol. The van der Waals surface area contributed by atoms with E-state index in [1.165, 1.54) is 6.42 Å². The molecule has 0 aromatic heterocycles. The Labute approximate surface area is 137 Å². The molecule has 1 aromatic carbocycles. The molecule has 1 aromatic rings. The quantitative estimate of drug-likeness (QED) is 0.798. The van der Waals surface area contributed by atoms with E-state index >= 15 is 0 Å². The number of hydrogen-bond acceptors (Lipinski definition) is 2. The fourth-order valence-electron chi connectivity index (χ4n) is 3.11. The SMILES string of the molecule is CCC1CCC(O)(CNC(C)c2ccc(Cl)cc2Cl)CC1. The maximum Gasteiger partial charge on any atom is 0.0772 e. The molecule has 1 aliphatic rings. The second kappa shape index (κ2) is 7.32. The Morgan fingerprint density at radius 1 is 1.33 bits per heavy atom. The van der Waals surface area contributed by atoms with Crippen LogP contribution in [0.25, 0.3) is 0 Å². The van der Waals surface area contributed by atoms with E-state index in [1.54, 1.807) is 6.07 Å². The Kier molecular flexibility index (Phi) is 5.96. The van der Waals surface area contributed by atoms with Crippen molar-refractivity contribution in [2.45, 2.75) is 57.6 Å². The van der Waals surface area contributed by atoms with Crippen LogP contribution in [0.3, 0.4) is 0 Å². The Bertz CT molecular complexity index is 470. The summed E-state index contributed by atoms with van der Waals surface area (Å²) in [4.78, 5) is 0. The van der Waals surface area contributed by atoms with Crippen molar-refractivity contribution in [3.63, 3.8) is 0 Å². The Morgan fingerprint density at radius 2 is 2.00 bits per heavy atom. The Hall–Kier alpha value is -0.280. The van der Waals surface area contributed by atoms with Crippen LogP contribution in [0.1, 0.15) is 57.6 Å². The van der Waals surface area contributed by atoms with E-state index in [4.69, 9.17) is 23.2 Å². The maximum atomic E-state index is 10.7. The Balaban J connectivity index is 1.90. The first-order chi connectivity index (χ1) is 9.93. The highest BCUT2D eigenvalue weighted by atomic mass is 35.5. The molecule has 1 aliphatic carbocycles. The number of benzene rings is 1. The zero-order valence-electron chi connectivity index (χ0n) is 12.8. The van der Waals surface area contributed by atoms with Crippen molar-refractivity contribution >= 4 is 23.2 Å². The smallest absolute Gasteiger partial charge is 0.0772 e. The van der Waals surface area contributed by atoms with Crippen LogP contribution < -0.4 is 5.32 Å². The maximum absolute atomic E-state index is 10.7. The second-order valence-electron chi connectivity index (χ2n) is 6.34. The van der Waals surface area contributed by atoms with Gasteiger partial charge in [0.15, 0.2) is 0 Å². The van der Waals surface area contributed by atoms with Crippen molar-refractivity contribution in [1.29, 1.82) is 0 Å². The van der Waals surface area contributed by atoms with E-state index < -0.39 is 5.60 Å². The van der Waals surface area contributed by atoms with Crippen molar-refractivity contribution in [3.8, 4) is 0 Å². The summed E-state index contributed by atoms with van der Waals surface area (Å²) in [5, 5.41) is 15.4. The van der Waals surface area contributed by atoms with Gasteiger partial charge in [-0.25, -0.2) is 0 Å². The van der Waals surface area contributed by atoms with Crippen LogP contribution in [0.2, 0.25) is 10.0 Å². The molecule has 21 heavy (non-hydrogen) atoms. The van der Waals surface area contributed by atoms with Gasteiger partial charge >= 0.3 is 0 Å². The molecular formula is C17H25Cl2NO. The number of halogens is 2. The molecule has 0 heterocycles. The minimum Gasteiger partial charge on any atom is -0.389 e. The predicted octanol–water partition coefficient (Wildman–Crippen LogP) is 4.98. The van der Waals surface area contributed by atoms with Crippen LogP contribution in [-0.4, -0.2) is 17.3 Å². The second-order valence-corrected chi connectivity index (χ2v) is 7.19. The first-order valence-electron chi connectivity index (χ1n) is 7.84. The summed E-state index contributed by atoms with van der Waals surface area (Å²) < 4.78 is 0. The molecule has 1 atom stereocenters. The summed E-state index contributed by atoms with van der Waals surface area (Å²) >= 11 is 12.2. The monoisotopic (exact) mass is 329 g/mol. The number of hydrogen-bond donors (Lipinski definition) is 2. The van der Waals surface area contributed by atoms with Gasteiger partial charge in [0.2, 0.25) is 0 Å². The van der Waals surface area contributed by atoms with Gasteiger partial charge in [0.25, 0.3) is 0 Å². The third-order valence-electron chi connectivity index (χ3n) is 4.78. The molecule has 2 nitrogen and oxygen atoms in total. The van der Waals surface area contributed by atoms with E-state index in [0.29, 0.717) is 16.6 Å². The third kappa shape index (κ3) is 4.59. The van der Waals surface area contributed by atoms with Gasteiger partial charge in [-0.3, -0.25) is 0 Å². The lowest BCUT2D eigenvalue weighted by Gasteiger charge is -2.36. The minimum absolute atomic E-state index is 0.0997. The van der Waals surface area contributed by atoms with Crippen LogP contribution >= 0.6 is 23.2 Å². The summed E-state index contributed by atoms with van der Waals surface area (Å²) in [6.45, 7) is 4.91. The highest BCUT2D eigenvalue weighted by molar-refractivity contribution is 6.35. The van der Waals surface area contributed by atoms with Gasteiger partial charge in [0, 0.05) is 22.6 Å². The molecule has 2 N–H and O–H groups in total. The lowest BCUT2D eigenvalue weighted by Crippen LogP contribution is -2.44. The molecule has 0 aliphatic heterocycles. The van der Waals surface area contributed by atoms with Crippen molar-refractivity contribution in [1.82, 2.24) is 5.32 Å². The minimum atomic E-state index is -0.571. The van der Waals surface area contributed by atoms with Crippen LogP contribution in [0.4, 0.5) is 0 Å². The summed E-state index contributed by atoms with van der Waals surface area (Å²) in [6, 6.07) is 5.66. The molecule has 0 spiro atoms. The van der Waals surface area contributed by atoms with E-state index in [1.807, 2.05) is 12.1 Å². The number of aliphatic hydroxyl groups is 1. The van der Waals surface area contributed by atoms with Crippen LogP contribution in [-0.2, 0) is 0 Å². The largest absolute Gasteiger partial charge is 0.389 e. The molecule has 0 amide bonds. The lowest BCUT2D eigenvalue weighted by atomic mass is 9.77. The van der Waals surface area contributed by atoms with Crippen LogP contribution in [0, 0.1) is 5.92 Å². The molecule has 0 radical (unpaired) electrons. The topological polar surface area (TPSA) is 32.3 Å². The zero-order chi connectivity index (χ0) is 15.5. The van der Waals surface area contributed by atoms with Gasteiger partial charge in [-0.1, -0.05) is 42.6 Å². The van der Waals surface area contributed by atoms with E-state index in [2.05, 4.69) is 19.2 Å². The first-order valence-corrected chi connectivity index (χ1v) is 8.60. The van der Waals surface area contributed by atoms with Gasteiger partial charge in [-0.15, -0.1) is 0 Å². The van der Waals surface area contributed by atoms with Gasteiger partial charge < -0.3 is 10.4 Å². The van der Waals surface area contributed by atoms with Gasteiger partial charge in [-0.05, 0) is 56.2 Å². The van der Waals surface area contributed by atoms with Crippen molar-refractivity contribution in [2.75, 3.05) is 6.54 Å². The summed E-state index contributed by atoms with van der Waals surface area (Å²) in [7, 11) is 0. The molecule has 0 saturated heterocycles. The molecule has 1 saturated carbocycles. The highest BCUT2D eigenvalue weighted by Gasteiger charge is 2.32. The number of nitrogens with one attached hydrogen (secondary N) is 1. The number of rotatable bonds is 5. The van der Waals surface area contributed by atoms with Gasteiger partial charge in [0.05, 0.1) is 5.60 Å². The first kappa shape index (κ1) is 17.1. The molecule has 2 rings (SSSR count). The molecule has 1 unspecified atom stereocenters. The summed E-state index contributed by atoms with van der Waals surface area (Å²) in [5.74, 6) is 0.786. The molecule has 0 bridgehead atoms. The van der Waals surface area contributed by atoms with Gasteiger partial charge in [0.1, 0.15) is 0 Å². The standard InChI is InChI=1S/C17H25Cl2NO/c1-3-13-6-8-17(21,9-7-13)11-20-12(2)15-5-4-14(18)10-16(15)19/h4-5,10,12-13,20-21H,3,6-9,11H2,1-2H3. The van der Waals surface area contributed by atoms with E-state index in [9.17, 15) is 5.11 Å². The highest BCUT2D eigenvalue weighted by Crippen LogP contribution is 2.34. The Morgan fingerprint density at radius 3 is 2.57 bits per heavy atom. The molecule has 4 heteroatoms.